The second kappa shape index (κ2) is 10.2. The molecule has 29 heavy (non-hydrogen) atoms. The van der Waals surface area contributed by atoms with Crippen molar-refractivity contribution in [2.75, 3.05) is 18.0 Å². The van der Waals surface area contributed by atoms with Gasteiger partial charge in [0.25, 0.3) is 0 Å². The molecule has 0 bridgehead atoms. The van der Waals surface area contributed by atoms with E-state index in [1.165, 1.54) is 0 Å². The molecular formula is C24H24N2O3. The molecule has 3 rings (SSSR count). The predicted octanol–water partition coefficient (Wildman–Crippen LogP) is 3.33. The summed E-state index contributed by atoms with van der Waals surface area (Å²) in [6, 6.07) is 16.5. The topological polar surface area (TPSA) is 66.5 Å². The van der Waals surface area contributed by atoms with Gasteiger partial charge in [-0.05, 0) is 37.1 Å². The zero-order chi connectivity index (χ0) is 20.5. The summed E-state index contributed by atoms with van der Waals surface area (Å²) in [6.45, 7) is 0.993. The number of benzene rings is 2. The minimum atomic E-state index is -0.192. The largest absolute Gasteiger partial charge is 0.345 e. The van der Waals surface area contributed by atoms with E-state index in [2.05, 4.69) is 17.2 Å². The number of amides is 2. The molecule has 0 atom stereocenters. The normalized spacial score (nSPS) is 13.4. The first-order valence-corrected chi connectivity index (χ1v) is 9.88. The van der Waals surface area contributed by atoms with Crippen LogP contribution in [0.5, 0.6) is 0 Å². The molecule has 0 saturated carbocycles. The molecule has 1 N–H and O–H groups in total. The minimum Gasteiger partial charge on any atom is -0.345 e. The van der Waals surface area contributed by atoms with Gasteiger partial charge < -0.3 is 10.2 Å². The number of rotatable bonds is 6. The number of hydrogen-bond donors (Lipinski definition) is 1. The van der Waals surface area contributed by atoms with Crippen molar-refractivity contribution in [3.63, 3.8) is 0 Å². The van der Waals surface area contributed by atoms with Crippen LogP contribution in [0.3, 0.4) is 0 Å². The van der Waals surface area contributed by atoms with E-state index in [1.54, 1.807) is 24.3 Å². The van der Waals surface area contributed by atoms with Crippen molar-refractivity contribution in [3.8, 4) is 11.8 Å². The van der Waals surface area contributed by atoms with Crippen LogP contribution in [0.2, 0.25) is 0 Å². The van der Waals surface area contributed by atoms with E-state index in [4.69, 9.17) is 0 Å². The molecule has 1 aliphatic rings. The van der Waals surface area contributed by atoms with Crippen LogP contribution in [-0.2, 0) is 9.59 Å². The summed E-state index contributed by atoms with van der Waals surface area (Å²) >= 11 is 0. The van der Waals surface area contributed by atoms with Crippen LogP contribution in [0.4, 0.5) is 5.69 Å². The van der Waals surface area contributed by atoms with Gasteiger partial charge in [-0.25, -0.2) is 0 Å². The maximum atomic E-state index is 12.0. The third-order valence-corrected chi connectivity index (χ3v) is 4.78. The molecule has 0 aliphatic carbocycles. The zero-order valence-electron chi connectivity index (χ0n) is 16.3. The van der Waals surface area contributed by atoms with Crippen LogP contribution in [0.1, 0.15) is 48.0 Å². The molecule has 1 heterocycles. The van der Waals surface area contributed by atoms with Crippen molar-refractivity contribution < 1.29 is 14.4 Å². The van der Waals surface area contributed by atoms with Gasteiger partial charge in [-0.3, -0.25) is 14.4 Å². The van der Waals surface area contributed by atoms with Crippen molar-refractivity contribution in [3.05, 3.63) is 65.7 Å². The summed E-state index contributed by atoms with van der Waals surface area (Å²) in [5.74, 6) is 5.84. The Morgan fingerprint density at radius 1 is 0.966 bits per heavy atom. The Hall–Kier alpha value is -3.39. The fourth-order valence-corrected chi connectivity index (χ4v) is 3.18. The van der Waals surface area contributed by atoms with E-state index < -0.39 is 0 Å². The quantitative estimate of drug-likeness (QED) is 0.610. The monoisotopic (exact) mass is 388 g/mol. The first kappa shape index (κ1) is 20.3. The predicted molar refractivity (Wildman–Crippen MR) is 113 cm³/mol. The number of carbonyl (C=O) groups excluding carboxylic acids is 3. The highest BCUT2D eigenvalue weighted by molar-refractivity contribution is 5.98. The third kappa shape index (κ3) is 6.05. The molecule has 1 saturated heterocycles. The van der Waals surface area contributed by atoms with Crippen molar-refractivity contribution in [1.29, 1.82) is 0 Å². The van der Waals surface area contributed by atoms with Gasteiger partial charge in [0.1, 0.15) is 0 Å². The molecule has 148 valence electrons. The van der Waals surface area contributed by atoms with Gasteiger partial charge in [-0.2, -0.15) is 0 Å². The van der Waals surface area contributed by atoms with Crippen LogP contribution in [0.15, 0.2) is 54.6 Å². The summed E-state index contributed by atoms with van der Waals surface area (Å²) in [7, 11) is 0. The van der Waals surface area contributed by atoms with E-state index in [-0.39, 0.29) is 37.0 Å². The number of Topliss-reactive ketones (excluding diaryl/α,β-unsaturated/α-hetero) is 1. The standard InChI is InChI=1S/C24H24N2O3/c27-22(20-8-2-1-3-9-20)15-16-23(28)25-17-6-7-19-11-13-21(14-12-19)26-18-5-4-10-24(26)29/h1-3,8-9,11-14H,4-5,10,15-18H2,(H,25,28). The fourth-order valence-electron chi connectivity index (χ4n) is 3.18. The summed E-state index contributed by atoms with van der Waals surface area (Å²) in [6.07, 6.45) is 2.93. The molecule has 2 aromatic rings. The Morgan fingerprint density at radius 3 is 2.45 bits per heavy atom. The maximum Gasteiger partial charge on any atom is 0.226 e. The highest BCUT2D eigenvalue weighted by Crippen LogP contribution is 2.21. The van der Waals surface area contributed by atoms with Crippen molar-refractivity contribution in [1.82, 2.24) is 5.32 Å². The van der Waals surface area contributed by atoms with Gasteiger partial charge >= 0.3 is 0 Å². The molecule has 5 heteroatoms. The average Bonchev–Trinajstić information content (AvgIpc) is 2.76. The zero-order valence-corrected chi connectivity index (χ0v) is 16.3. The van der Waals surface area contributed by atoms with Gasteiger partial charge in [-0.15, -0.1) is 0 Å². The number of carbonyl (C=O) groups is 3. The number of anilines is 1. The average molecular weight is 388 g/mol. The van der Waals surface area contributed by atoms with Gasteiger partial charge in [0.2, 0.25) is 11.8 Å². The number of hydrogen-bond acceptors (Lipinski definition) is 3. The fraction of sp³-hybridized carbons (Fsp3) is 0.292. The molecule has 1 aliphatic heterocycles. The van der Waals surface area contributed by atoms with Crippen LogP contribution in [0, 0.1) is 11.8 Å². The molecule has 0 aromatic heterocycles. The number of nitrogens with one attached hydrogen (secondary N) is 1. The molecule has 2 amide bonds. The lowest BCUT2D eigenvalue weighted by molar-refractivity contribution is -0.121. The molecule has 0 radical (unpaired) electrons. The Bertz CT molecular complexity index is 924. The van der Waals surface area contributed by atoms with Gasteiger partial charge in [0.05, 0.1) is 6.54 Å². The smallest absolute Gasteiger partial charge is 0.226 e. The highest BCUT2D eigenvalue weighted by atomic mass is 16.2. The number of ketones is 1. The highest BCUT2D eigenvalue weighted by Gasteiger charge is 2.19. The third-order valence-electron chi connectivity index (χ3n) is 4.78. The van der Waals surface area contributed by atoms with Gasteiger partial charge in [0.15, 0.2) is 5.78 Å². The first-order valence-electron chi connectivity index (χ1n) is 9.88. The molecule has 5 nitrogen and oxygen atoms in total. The Labute approximate surface area is 171 Å². The maximum absolute atomic E-state index is 12.0. The lowest BCUT2D eigenvalue weighted by Crippen LogP contribution is -2.35. The van der Waals surface area contributed by atoms with E-state index in [0.29, 0.717) is 12.0 Å². The van der Waals surface area contributed by atoms with Crippen LogP contribution >= 0.6 is 0 Å². The van der Waals surface area contributed by atoms with E-state index in [0.717, 1.165) is 30.6 Å². The lowest BCUT2D eigenvalue weighted by atomic mass is 10.1. The van der Waals surface area contributed by atoms with Crippen molar-refractivity contribution in [2.24, 2.45) is 0 Å². The number of piperidine rings is 1. The van der Waals surface area contributed by atoms with Crippen LogP contribution in [-0.4, -0.2) is 30.7 Å². The Balaban J connectivity index is 1.42. The molecular weight excluding hydrogens is 364 g/mol. The molecule has 0 unspecified atom stereocenters. The molecule has 2 aromatic carbocycles. The van der Waals surface area contributed by atoms with Crippen molar-refractivity contribution in [2.45, 2.75) is 32.1 Å². The number of nitrogens with zero attached hydrogens (tertiary/aromatic N) is 1. The van der Waals surface area contributed by atoms with Gasteiger partial charge in [0, 0.05) is 42.6 Å². The summed E-state index contributed by atoms with van der Waals surface area (Å²) in [4.78, 5) is 37.6. The summed E-state index contributed by atoms with van der Waals surface area (Å²) < 4.78 is 0. The van der Waals surface area contributed by atoms with Crippen LogP contribution in [0.25, 0.3) is 0 Å². The molecule has 0 spiro atoms. The van der Waals surface area contributed by atoms with Gasteiger partial charge in [-0.1, -0.05) is 42.2 Å². The Kier molecular flexibility index (Phi) is 7.18. The van der Waals surface area contributed by atoms with E-state index in [9.17, 15) is 14.4 Å². The van der Waals surface area contributed by atoms with E-state index >= 15 is 0 Å². The van der Waals surface area contributed by atoms with Crippen LogP contribution < -0.4 is 10.2 Å². The Morgan fingerprint density at radius 2 is 1.72 bits per heavy atom. The van der Waals surface area contributed by atoms with Crippen molar-refractivity contribution >= 4 is 23.3 Å². The first-order chi connectivity index (χ1) is 14.1. The lowest BCUT2D eigenvalue weighted by Gasteiger charge is -2.26. The SMILES string of the molecule is O=C(CCC(=O)c1ccccc1)NCC#Cc1ccc(N2CCCCC2=O)cc1. The summed E-state index contributed by atoms with van der Waals surface area (Å²) in [5, 5.41) is 2.71. The minimum absolute atomic E-state index is 0.0425. The molecule has 1 fully saturated rings. The second-order valence-electron chi connectivity index (χ2n) is 6.92. The second-order valence-corrected chi connectivity index (χ2v) is 6.92. The van der Waals surface area contributed by atoms with E-state index in [1.807, 2.05) is 35.2 Å². The summed E-state index contributed by atoms with van der Waals surface area (Å²) in [5.41, 5.74) is 2.35.